The highest BCUT2D eigenvalue weighted by atomic mass is 35.5. The first-order valence-electron chi connectivity index (χ1n) is 6.01. The number of ether oxygens (including phenoxy) is 1. The molecular weight excluding hydrogens is 287 g/mol. The molecule has 0 bridgehead atoms. The molecule has 1 N–H and O–H groups in total. The number of likely N-dealkylation sites (N-methyl/N-ethyl adjacent to an activating group) is 1. The van der Waals surface area contributed by atoms with Crippen molar-refractivity contribution < 1.29 is 18.7 Å². The molecule has 0 radical (unpaired) electrons. The molecule has 1 aromatic rings. The SMILES string of the molecule is CCOC(=O)CN(C)CC(=O)Nc1ccc(F)c(Cl)c1. The van der Waals surface area contributed by atoms with Crippen molar-refractivity contribution in [1.82, 2.24) is 4.90 Å². The average Bonchev–Trinajstić information content (AvgIpc) is 2.33. The summed E-state index contributed by atoms with van der Waals surface area (Å²) in [4.78, 5) is 24.4. The average molecular weight is 303 g/mol. The van der Waals surface area contributed by atoms with Gasteiger partial charge in [0.2, 0.25) is 5.91 Å². The second kappa shape index (κ2) is 7.81. The first kappa shape index (κ1) is 16.4. The van der Waals surface area contributed by atoms with E-state index in [-0.39, 0.29) is 24.0 Å². The molecule has 20 heavy (non-hydrogen) atoms. The van der Waals surface area contributed by atoms with Gasteiger partial charge in [0, 0.05) is 5.69 Å². The summed E-state index contributed by atoms with van der Waals surface area (Å²) in [7, 11) is 1.62. The van der Waals surface area contributed by atoms with Crippen LogP contribution in [-0.4, -0.2) is 43.5 Å². The van der Waals surface area contributed by atoms with Gasteiger partial charge in [-0.05, 0) is 32.2 Å². The molecule has 0 fully saturated rings. The van der Waals surface area contributed by atoms with Crippen LogP contribution in [0, 0.1) is 5.82 Å². The van der Waals surface area contributed by atoms with Crippen LogP contribution in [0.25, 0.3) is 0 Å². The first-order chi connectivity index (χ1) is 9.42. The van der Waals surface area contributed by atoms with Crippen LogP contribution in [0.3, 0.4) is 0 Å². The quantitative estimate of drug-likeness (QED) is 0.816. The molecule has 0 saturated carbocycles. The lowest BCUT2D eigenvalue weighted by molar-refractivity contribution is -0.144. The molecule has 0 aliphatic carbocycles. The van der Waals surface area contributed by atoms with Crippen LogP contribution in [-0.2, 0) is 14.3 Å². The molecule has 0 atom stereocenters. The predicted octanol–water partition coefficient (Wildman–Crippen LogP) is 1.91. The second-order valence-electron chi connectivity index (χ2n) is 4.15. The van der Waals surface area contributed by atoms with Gasteiger partial charge in [-0.2, -0.15) is 0 Å². The van der Waals surface area contributed by atoms with Crippen LogP contribution < -0.4 is 5.32 Å². The van der Waals surface area contributed by atoms with E-state index in [0.717, 1.165) is 0 Å². The van der Waals surface area contributed by atoms with Gasteiger partial charge in [0.25, 0.3) is 0 Å². The lowest BCUT2D eigenvalue weighted by atomic mass is 10.3. The number of hydrogen-bond acceptors (Lipinski definition) is 4. The minimum absolute atomic E-state index is 0.00775. The standard InChI is InChI=1S/C13H16ClFN2O3/c1-3-20-13(19)8-17(2)7-12(18)16-9-4-5-11(15)10(14)6-9/h4-6H,3,7-8H2,1-2H3,(H,16,18). The third kappa shape index (κ3) is 5.54. The van der Waals surface area contributed by atoms with Crippen LogP contribution in [0.5, 0.6) is 0 Å². The van der Waals surface area contributed by atoms with E-state index < -0.39 is 11.8 Å². The van der Waals surface area contributed by atoms with Crippen LogP contribution in [0.2, 0.25) is 5.02 Å². The number of benzene rings is 1. The number of amides is 1. The third-order valence-corrected chi connectivity index (χ3v) is 2.61. The monoisotopic (exact) mass is 302 g/mol. The molecule has 0 aliphatic heterocycles. The van der Waals surface area contributed by atoms with Gasteiger partial charge in [0.05, 0.1) is 24.7 Å². The third-order valence-electron chi connectivity index (χ3n) is 2.32. The van der Waals surface area contributed by atoms with E-state index in [9.17, 15) is 14.0 Å². The normalized spacial score (nSPS) is 10.4. The van der Waals surface area contributed by atoms with Crippen molar-refractivity contribution in [3.63, 3.8) is 0 Å². The number of carbonyl (C=O) groups excluding carboxylic acids is 2. The maximum absolute atomic E-state index is 13.0. The highest BCUT2D eigenvalue weighted by molar-refractivity contribution is 6.31. The number of rotatable bonds is 6. The fourth-order valence-corrected chi connectivity index (χ4v) is 1.68. The van der Waals surface area contributed by atoms with E-state index in [1.54, 1.807) is 14.0 Å². The number of nitrogens with one attached hydrogen (secondary N) is 1. The number of esters is 1. The van der Waals surface area contributed by atoms with E-state index in [1.807, 2.05) is 0 Å². The second-order valence-corrected chi connectivity index (χ2v) is 4.56. The maximum Gasteiger partial charge on any atom is 0.320 e. The number of anilines is 1. The van der Waals surface area contributed by atoms with Gasteiger partial charge < -0.3 is 10.1 Å². The molecule has 1 aromatic carbocycles. The predicted molar refractivity (Wildman–Crippen MR) is 74.2 cm³/mol. The van der Waals surface area contributed by atoms with Gasteiger partial charge in [0.1, 0.15) is 5.82 Å². The molecule has 0 saturated heterocycles. The van der Waals surface area contributed by atoms with Gasteiger partial charge in [0.15, 0.2) is 0 Å². The summed E-state index contributed by atoms with van der Waals surface area (Å²) in [6, 6.07) is 3.89. The van der Waals surface area contributed by atoms with Gasteiger partial charge in [-0.1, -0.05) is 11.6 Å². The van der Waals surface area contributed by atoms with Crippen molar-refractivity contribution in [1.29, 1.82) is 0 Å². The van der Waals surface area contributed by atoms with E-state index in [2.05, 4.69) is 5.32 Å². The first-order valence-corrected chi connectivity index (χ1v) is 6.39. The molecule has 0 aliphatic rings. The summed E-state index contributed by atoms with van der Waals surface area (Å²) >= 11 is 5.61. The molecule has 0 aromatic heterocycles. The highest BCUT2D eigenvalue weighted by Gasteiger charge is 2.12. The smallest absolute Gasteiger partial charge is 0.320 e. The van der Waals surface area contributed by atoms with Crippen molar-refractivity contribution in [2.45, 2.75) is 6.92 Å². The molecule has 0 unspecified atom stereocenters. The topological polar surface area (TPSA) is 58.6 Å². The largest absolute Gasteiger partial charge is 0.465 e. The minimum Gasteiger partial charge on any atom is -0.465 e. The van der Waals surface area contributed by atoms with Crippen LogP contribution >= 0.6 is 11.6 Å². The summed E-state index contributed by atoms with van der Waals surface area (Å²) in [6.45, 7) is 2.04. The Balaban J connectivity index is 2.46. The van der Waals surface area contributed by atoms with Gasteiger partial charge in [-0.3, -0.25) is 14.5 Å². The summed E-state index contributed by atoms with van der Waals surface area (Å²) in [5.74, 6) is -1.28. The minimum atomic E-state index is -0.552. The van der Waals surface area contributed by atoms with E-state index in [1.165, 1.54) is 23.1 Å². The Kier molecular flexibility index (Phi) is 6.41. The van der Waals surface area contributed by atoms with Crippen LogP contribution in [0.1, 0.15) is 6.92 Å². The van der Waals surface area contributed by atoms with Crippen molar-refractivity contribution in [3.8, 4) is 0 Å². The zero-order chi connectivity index (χ0) is 15.1. The number of carbonyl (C=O) groups is 2. The molecule has 0 spiro atoms. The fourth-order valence-electron chi connectivity index (χ4n) is 1.50. The lowest BCUT2D eigenvalue weighted by Crippen LogP contribution is -2.34. The van der Waals surface area contributed by atoms with Crippen molar-refractivity contribution >= 4 is 29.2 Å². The molecule has 0 heterocycles. The Morgan fingerprint density at radius 2 is 2.10 bits per heavy atom. The molecule has 7 heteroatoms. The van der Waals surface area contributed by atoms with Crippen molar-refractivity contribution in [3.05, 3.63) is 29.0 Å². The molecule has 110 valence electrons. The molecule has 1 rings (SSSR count). The van der Waals surface area contributed by atoms with Crippen molar-refractivity contribution in [2.24, 2.45) is 0 Å². The maximum atomic E-state index is 13.0. The number of hydrogen-bond donors (Lipinski definition) is 1. The molecule has 1 amide bonds. The number of nitrogens with zero attached hydrogens (tertiary/aromatic N) is 1. The van der Waals surface area contributed by atoms with Crippen LogP contribution in [0.4, 0.5) is 10.1 Å². The zero-order valence-corrected chi connectivity index (χ0v) is 12.0. The molecular formula is C13H16ClFN2O3. The summed E-state index contributed by atoms with van der Waals surface area (Å²) < 4.78 is 17.7. The number of halogens is 2. The Morgan fingerprint density at radius 3 is 2.70 bits per heavy atom. The van der Waals surface area contributed by atoms with Gasteiger partial charge >= 0.3 is 5.97 Å². The van der Waals surface area contributed by atoms with E-state index in [4.69, 9.17) is 16.3 Å². The highest BCUT2D eigenvalue weighted by Crippen LogP contribution is 2.19. The Hall–Kier alpha value is -1.66. The zero-order valence-electron chi connectivity index (χ0n) is 11.3. The Bertz CT molecular complexity index is 497. The summed E-state index contributed by atoms with van der Waals surface area (Å²) in [5.41, 5.74) is 0.394. The van der Waals surface area contributed by atoms with E-state index >= 15 is 0 Å². The van der Waals surface area contributed by atoms with Crippen LogP contribution in [0.15, 0.2) is 18.2 Å². The summed E-state index contributed by atoms with van der Waals surface area (Å²) in [6.07, 6.45) is 0. The van der Waals surface area contributed by atoms with Gasteiger partial charge in [-0.25, -0.2) is 4.39 Å². The van der Waals surface area contributed by atoms with E-state index in [0.29, 0.717) is 12.3 Å². The van der Waals surface area contributed by atoms with Crippen molar-refractivity contribution in [2.75, 3.05) is 32.1 Å². The lowest BCUT2D eigenvalue weighted by Gasteiger charge is -2.15. The fraction of sp³-hybridized carbons (Fsp3) is 0.385. The summed E-state index contributed by atoms with van der Waals surface area (Å²) in [5, 5.41) is 2.50. The van der Waals surface area contributed by atoms with Gasteiger partial charge in [-0.15, -0.1) is 0 Å². The Labute approximate surface area is 121 Å². The Morgan fingerprint density at radius 1 is 1.40 bits per heavy atom. The molecule has 5 nitrogen and oxygen atoms in total.